The molecular formula is C17H22Cl2N4O3. The van der Waals surface area contributed by atoms with Crippen molar-refractivity contribution in [1.29, 1.82) is 0 Å². The van der Waals surface area contributed by atoms with E-state index in [1.54, 1.807) is 18.2 Å². The van der Waals surface area contributed by atoms with Crippen LogP contribution in [0.15, 0.2) is 18.2 Å². The zero-order valence-corrected chi connectivity index (χ0v) is 15.8. The Bertz CT molecular complexity index is 684. The van der Waals surface area contributed by atoms with E-state index in [9.17, 15) is 14.4 Å². The number of imide groups is 1. The van der Waals surface area contributed by atoms with E-state index in [2.05, 4.69) is 10.2 Å². The average Bonchev–Trinajstić information content (AvgIpc) is 2.58. The van der Waals surface area contributed by atoms with Gasteiger partial charge in [0.2, 0.25) is 11.8 Å². The van der Waals surface area contributed by atoms with Gasteiger partial charge in [0, 0.05) is 12.1 Å². The van der Waals surface area contributed by atoms with Gasteiger partial charge in [-0.25, -0.2) is 4.79 Å². The summed E-state index contributed by atoms with van der Waals surface area (Å²) in [4.78, 5) is 36.8. The van der Waals surface area contributed by atoms with E-state index in [-0.39, 0.29) is 18.4 Å². The molecule has 142 valence electrons. The van der Waals surface area contributed by atoms with Crippen molar-refractivity contribution in [2.24, 2.45) is 5.73 Å². The number of hydrogen-bond donors (Lipinski definition) is 3. The average molecular weight is 401 g/mol. The standard InChI is InChI=1S/C17H22Cl2N4O3/c18-12-7-6-11(10-13(12)19)21-16(25)14-4-1-2-8-23(14)9-3-5-15(24)22-17(20)26/h6-7,10,14H,1-5,8-9H2,(H,21,25)(H3,20,22,24,26). The molecule has 0 spiro atoms. The Hall–Kier alpha value is -1.83. The topological polar surface area (TPSA) is 105 Å². The predicted octanol–water partition coefficient (Wildman–Crippen LogP) is 2.76. The van der Waals surface area contributed by atoms with Gasteiger partial charge in [-0.2, -0.15) is 0 Å². The molecule has 1 fully saturated rings. The number of nitrogens with zero attached hydrogens (tertiary/aromatic N) is 1. The van der Waals surface area contributed by atoms with Crippen LogP contribution in [0.3, 0.4) is 0 Å². The van der Waals surface area contributed by atoms with Crippen LogP contribution in [-0.2, 0) is 9.59 Å². The lowest BCUT2D eigenvalue weighted by atomic mass is 10.0. The molecule has 1 unspecified atom stereocenters. The molecule has 0 bridgehead atoms. The highest BCUT2D eigenvalue weighted by Crippen LogP contribution is 2.26. The molecule has 26 heavy (non-hydrogen) atoms. The Morgan fingerprint density at radius 1 is 1.19 bits per heavy atom. The minimum absolute atomic E-state index is 0.107. The normalized spacial score (nSPS) is 17.5. The highest BCUT2D eigenvalue weighted by molar-refractivity contribution is 6.42. The molecule has 1 heterocycles. The van der Waals surface area contributed by atoms with E-state index in [1.807, 2.05) is 5.32 Å². The summed E-state index contributed by atoms with van der Waals surface area (Å²) < 4.78 is 0. The van der Waals surface area contributed by atoms with Gasteiger partial charge in [0.25, 0.3) is 0 Å². The van der Waals surface area contributed by atoms with Gasteiger partial charge < -0.3 is 11.1 Å². The first-order chi connectivity index (χ1) is 12.4. The number of primary amides is 1. The molecule has 7 nitrogen and oxygen atoms in total. The first kappa shape index (κ1) is 20.5. The third kappa shape index (κ3) is 6.16. The van der Waals surface area contributed by atoms with E-state index >= 15 is 0 Å². The Balaban J connectivity index is 1.90. The summed E-state index contributed by atoms with van der Waals surface area (Å²) in [6.45, 7) is 1.38. The summed E-state index contributed by atoms with van der Waals surface area (Å²) in [5.74, 6) is -0.518. The van der Waals surface area contributed by atoms with Gasteiger partial charge >= 0.3 is 6.03 Å². The van der Waals surface area contributed by atoms with Crippen LogP contribution in [0.4, 0.5) is 10.5 Å². The van der Waals surface area contributed by atoms with Crippen molar-refractivity contribution < 1.29 is 14.4 Å². The van der Waals surface area contributed by atoms with Crippen LogP contribution < -0.4 is 16.4 Å². The number of nitrogens with one attached hydrogen (secondary N) is 2. The highest BCUT2D eigenvalue weighted by Gasteiger charge is 2.28. The number of hydrogen-bond acceptors (Lipinski definition) is 4. The quantitative estimate of drug-likeness (QED) is 0.682. The molecule has 1 aromatic rings. The van der Waals surface area contributed by atoms with Crippen molar-refractivity contribution in [2.45, 2.75) is 38.1 Å². The Morgan fingerprint density at radius 3 is 2.65 bits per heavy atom. The molecule has 0 aliphatic carbocycles. The van der Waals surface area contributed by atoms with Gasteiger partial charge in [-0.1, -0.05) is 29.6 Å². The lowest BCUT2D eigenvalue weighted by molar-refractivity contribution is -0.122. The number of likely N-dealkylation sites (tertiary alicyclic amines) is 1. The van der Waals surface area contributed by atoms with Crippen molar-refractivity contribution >= 4 is 46.7 Å². The highest BCUT2D eigenvalue weighted by atomic mass is 35.5. The second-order valence-corrected chi connectivity index (χ2v) is 7.00. The molecule has 4 amide bonds. The summed E-state index contributed by atoms with van der Waals surface area (Å²) in [5, 5.41) is 5.72. The van der Waals surface area contributed by atoms with Gasteiger partial charge in [-0.05, 0) is 50.6 Å². The van der Waals surface area contributed by atoms with E-state index in [0.29, 0.717) is 28.7 Å². The van der Waals surface area contributed by atoms with Gasteiger partial charge in [-0.3, -0.25) is 19.8 Å². The van der Waals surface area contributed by atoms with Crippen LogP contribution in [0, 0.1) is 0 Å². The van der Waals surface area contributed by atoms with E-state index in [0.717, 1.165) is 25.8 Å². The van der Waals surface area contributed by atoms with Crippen molar-refractivity contribution in [1.82, 2.24) is 10.2 Å². The number of carbonyl (C=O) groups is 3. The minimum atomic E-state index is -0.855. The lowest BCUT2D eigenvalue weighted by Gasteiger charge is -2.34. The van der Waals surface area contributed by atoms with Crippen LogP contribution in [0.1, 0.15) is 32.1 Å². The number of nitrogens with two attached hydrogens (primary N) is 1. The van der Waals surface area contributed by atoms with Crippen LogP contribution in [0.2, 0.25) is 10.0 Å². The number of rotatable bonds is 6. The second kappa shape index (κ2) is 9.75. The van der Waals surface area contributed by atoms with Crippen LogP contribution in [0.5, 0.6) is 0 Å². The van der Waals surface area contributed by atoms with Crippen LogP contribution >= 0.6 is 23.2 Å². The molecule has 0 saturated carbocycles. The molecule has 9 heteroatoms. The Labute approximate surface area is 162 Å². The number of carbonyl (C=O) groups excluding carboxylic acids is 3. The molecule has 1 aromatic carbocycles. The SMILES string of the molecule is NC(=O)NC(=O)CCCN1CCCCC1C(=O)Nc1ccc(Cl)c(Cl)c1. The summed E-state index contributed by atoms with van der Waals surface area (Å²) in [6.07, 6.45) is 3.44. The summed E-state index contributed by atoms with van der Waals surface area (Å²) in [5.41, 5.74) is 5.50. The monoisotopic (exact) mass is 400 g/mol. The molecule has 1 saturated heterocycles. The Morgan fingerprint density at radius 2 is 1.96 bits per heavy atom. The summed E-state index contributed by atoms with van der Waals surface area (Å²) in [7, 11) is 0. The first-order valence-electron chi connectivity index (χ1n) is 8.46. The first-order valence-corrected chi connectivity index (χ1v) is 9.21. The summed E-state index contributed by atoms with van der Waals surface area (Å²) in [6, 6.07) is 3.83. The van der Waals surface area contributed by atoms with Gasteiger partial charge in [0.1, 0.15) is 0 Å². The molecular weight excluding hydrogens is 379 g/mol. The van der Waals surface area contributed by atoms with E-state index in [1.165, 1.54) is 0 Å². The minimum Gasteiger partial charge on any atom is -0.351 e. The largest absolute Gasteiger partial charge is 0.351 e. The van der Waals surface area contributed by atoms with Gasteiger partial charge in [0.15, 0.2) is 0 Å². The molecule has 0 radical (unpaired) electrons. The van der Waals surface area contributed by atoms with Crippen molar-refractivity contribution in [3.63, 3.8) is 0 Å². The fraction of sp³-hybridized carbons (Fsp3) is 0.471. The van der Waals surface area contributed by atoms with Gasteiger partial charge in [-0.15, -0.1) is 0 Å². The van der Waals surface area contributed by atoms with Gasteiger partial charge in [0.05, 0.1) is 16.1 Å². The maximum absolute atomic E-state index is 12.6. The third-order valence-electron chi connectivity index (χ3n) is 4.22. The third-order valence-corrected chi connectivity index (χ3v) is 4.95. The van der Waals surface area contributed by atoms with Crippen molar-refractivity contribution in [3.8, 4) is 0 Å². The van der Waals surface area contributed by atoms with E-state index in [4.69, 9.17) is 28.9 Å². The summed E-state index contributed by atoms with van der Waals surface area (Å²) >= 11 is 11.9. The predicted molar refractivity (Wildman–Crippen MR) is 101 cm³/mol. The maximum Gasteiger partial charge on any atom is 0.318 e. The Kier molecular flexibility index (Phi) is 7.68. The number of piperidine rings is 1. The molecule has 4 N–H and O–H groups in total. The lowest BCUT2D eigenvalue weighted by Crippen LogP contribution is -2.47. The van der Waals surface area contributed by atoms with E-state index < -0.39 is 11.9 Å². The smallest absolute Gasteiger partial charge is 0.318 e. The number of benzene rings is 1. The number of urea groups is 1. The molecule has 1 atom stereocenters. The molecule has 1 aliphatic heterocycles. The molecule has 0 aromatic heterocycles. The number of anilines is 1. The fourth-order valence-electron chi connectivity index (χ4n) is 3.00. The van der Waals surface area contributed by atoms with Crippen molar-refractivity contribution in [3.05, 3.63) is 28.2 Å². The molecule has 1 aliphatic rings. The zero-order chi connectivity index (χ0) is 19.1. The maximum atomic E-state index is 12.6. The van der Waals surface area contributed by atoms with Crippen LogP contribution in [0.25, 0.3) is 0 Å². The number of halogens is 2. The fourth-order valence-corrected chi connectivity index (χ4v) is 3.30. The molecule has 2 rings (SSSR count). The van der Waals surface area contributed by atoms with Crippen molar-refractivity contribution in [2.75, 3.05) is 18.4 Å². The second-order valence-electron chi connectivity index (χ2n) is 6.18. The zero-order valence-electron chi connectivity index (χ0n) is 14.3. The van der Waals surface area contributed by atoms with Crippen LogP contribution in [-0.4, -0.2) is 41.9 Å². The number of amides is 4.